The Labute approximate surface area is 258 Å². The van der Waals surface area contributed by atoms with Gasteiger partial charge in [-0.25, -0.2) is 4.98 Å². The average molecular weight is 697 g/mol. The Morgan fingerprint density at radius 3 is 2.57 bits per heavy atom. The first-order chi connectivity index (χ1) is 20.2. The van der Waals surface area contributed by atoms with E-state index in [0.717, 1.165) is 42.1 Å². The predicted octanol–water partition coefficient (Wildman–Crippen LogP) is 7.09. The van der Waals surface area contributed by atoms with E-state index >= 15 is 0 Å². The van der Waals surface area contributed by atoms with Gasteiger partial charge in [0.05, 0.1) is 22.0 Å². The summed E-state index contributed by atoms with van der Waals surface area (Å²) < 4.78 is 8.14. The molecule has 1 aliphatic carbocycles. The van der Waals surface area contributed by atoms with Crippen LogP contribution in [0.5, 0.6) is 5.75 Å². The number of hydrogen-bond donors (Lipinski definition) is 1. The number of carbonyl (C=O) groups excluding carboxylic acids is 1. The minimum atomic E-state index is -0.593. The van der Waals surface area contributed by atoms with Crippen LogP contribution < -0.4 is 15.6 Å². The Hall–Kier alpha value is -3.90. The van der Waals surface area contributed by atoms with Crippen molar-refractivity contribution in [2.45, 2.75) is 44.9 Å². The Bertz CT molecular complexity index is 1750. The lowest BCUT2D eigenvalue weighted by Gasteiger charge is -2.22. The maximum absolute atomic E-state index is 13.7. The second-order valence-electron chi connectivity index (χ2n) is 10.1. The van der Waals surface area contributed by atoms with Crippen LogP contribution in [0.4, 0.5) is 11.4 Å². The van der Waals surface area contributed by atoms with Crippen LogP contribution in [0, 0.1) is 17.0 Å². The standard InChI is InChI=1S/C30H27Br2N5O5/c1-18-7-10-23(11-8-18)34-27(38)17-42-28-20(13-22(32)15-26(28)37(40)41)16-33-36-29(19-5-3-2-4-6-19)35-25-12-9-21(31)14-24(25)30(36)39/h7-16,19H,2-6,17H2,1H3,(H,34,38). The van der Waals surface area contributed by atoms with Gasteiger partial charge >= 0.3 is 5.69 Å². The number of benzene rings is 3. The van der Waals surface area contributed by atoms with Crippen molar-refractivity contribution in [3.63, 3.8) is 0 Å². The number of ether oxygens (including phenoxy) is 1. The third kappa shape index (κ3) is 6.76. The number of amides is 1. The molecule has 0 spiro atoms. The maximum atomic E-state index is 13.7. The van der Waals surface area contributed by atoms with E-state index in [9.17, 15) is 19.7 Å². The number of aromatic nitrogens is 2. The van der Waals surface area contributed by atoms with Crippen molar-refractivity contribution in [3.8, 4) is 5.75 Å². The van der Waals surface area contributed by atoms with Crippen LogP contribution in [0.3, 0.4) is 0 Å². The largest absolute Gasteiger partial charge is 0.476 e. The van der Waals surface area contributed by atoms with Crippen LogP contribution >= 0.6 is 31.9 Å². The molecule has 216 valence electrons. The number of aryl methyl sites for hydroxylation is 1. The lowest BCUT2D eigenvalue weighted by Crippen LogP contribution is -2.25. The van der Waals surface area contributed by atoms with Crippen LogP contribution in [0.2, 0.25) is 0 Å². The number of rotatable bonds is 8. The number of fused-ring (bicyclic) bond motifs is 1. The van der Waals surface area contributed by atoms with Crippen LogP contribution in [0.25, 0.3) is 10.9 Å². The monoisotopic (exact) mass is 695 g/mol. The molecule has 5 rings (SSSR count). The van der Waals surface area contributed by atoms with Gasteiger partial charge < -0.3 is 10.1 Å². The predicted molar refractivity (Wildman–Crippen MR) is 169 cm³/mol. The highest BCUT2D eigenvalue weighted by molar-refractivity contribution is 9.10. The van der Waals surface area contributed by atoms with Crippen molar-refractivity contribution in [3.05, 3.63) is 101 Å². The first-order valence-corrected chi connectivity index (χ1v) is 15.0. The quantitative estimate of drug-likeness (QED) is 0.119. The number of anilines is 1. The van der Waals surface area contributed by atoms with Crippen LogP contribution in [0.1, 0.15) is 55.0 Å². The molecule has 0 atom stereocenters. The molecule has 42 heavy (non-hydrogen) atoms. The fourth-order valence-electron chi connectivity index (χ4n) is 4.98. The summed E-state index contributed by atoms with van der Waals surface area (Å²) in [7, 11) is 0. The van der Waals surface area contributed by atoms with E-state index in [1.165, 1.54) is 17.0 Å². The first kappa shape index (κ1) is 29.6. The Morgan fingerprint density at radius 2 is 1.86 bits per heavy atom. The summed E-state index contributed by atoms with van der Waals surface area (Å²) in [6.07, 6.45) is 6.30. The van der Waals surface area contributed by atoms with Crippen molar-refractivity contribution < 1.29 is 14.5 Å². The van der Waals surface area contributed by atoms with Crippen LogP contribution in [-0.2, 0) is 4.79 Å². The van der Waals surface area contributed by atoms with Gasteiger partial charge in [-0.15, -0.1) is 0 Å². The highest BCUT2D eigenvalue weighted by atomic mass is 79.9. The number of nitrogens with zero attached hydrogens (tertiary/aromatic N) is 4. The van der Waals surface area contributed by atoms with E-state index in [-0.39, 0.29) is 28.5 Å². The Morgan fingerprint density at radius 1 is 1.12 bits per heavy atom. The number of carbonyl (C=O) groups is 1. The van der Waals surface area contributed by atoms with E-state index in [1.807, 2.05) is 25.1 Å². The minimum Gasteiger partial charge on any atom is -0.476 e. The lowest BCUT2D eigenvalue weighted by molar-refractivity contribution is -0.385. The van der Waals surface area contributed by atoms with E-state index in [1.54, 1.807) is 30.3 Å². The van der Waals surface area contributed by atoms with Gasteiger partial charge in [0.2, 0.25) is 5.75 Å². The molecule has 12 heteroatoms. The summed E-state index contributed by atoms with van der Waals surface area (Å²) in [6, 6.07) is 15.4. The SMILES string of the molecule is Cc1ccc(NC(=O)COc2c(C=Nn3c(C4CCCCC4)nc4ccc(Br)cc4c3=O)cc(Br)cc2[N+](=O)[O-])cc1. The molecule has 1 amide bonds. The minimum absolute atomic E-state index is 0.0506. The number of hydrogen-bond acceptors (Lipinski definition) is 7. The normalized spacial score (nSPS) is 13.9. The second kappa shape index (κ2) is 13.0. The Kier molecular flexibility index (Phi) is 9.12. The summed E-state index contributed by atoms with van der Waals surface area (Å²) in [5.41, 5.74) is 1.72. The zero-order valence-electron chi connectivity index (χ0n) is 22.7. The molecule has 4 aromatic rings. The topological polar surface area (TPSA) is 129 Å². The van der Waals surface area contributed by atoms with E-state index in [2.05, 4.69) is 42.3 Å². The maximum Gasteiger partial charge on any atom is 0.312 e. The molecule has 3 aromatic carbocycles. The number of nitrogens with one attached hydrogen (secondary N) is 1. The fraction of sp³-hybridized carbons (Fsp3) is 0.267. The number of nitro benzene ring substituents is 1. The molecule has 1 aromatic heterocycles. The number of halogens is 2. The van der Waals surface area contributed by atoms with Crippen LogP contribution in [-0.4, -0.2) is 33.3 Å². The van der Waals surface area contributed by atoms with E-state index in [0.29, 0.717) is 26.9 Å². The van der Waals surface area contributed by atoms with E-state index in [4.69, 9.17) is 9.72 Å². The first-order valence-electron chi connectivity index (χ1n) is 13.4. The third-order valence-electron chi connectivity index (χ3n) is 7.06. The third-order valence-corrected chi connectivity index (χ3v) is 8.01. The Balaban J connectivity index is 1.53. The molecule has 1 N–H and O–H groups in total. The average Bonchev–Trinajstić information content (AvgIpc) is 2.97. The summed E-state index contributed by atoms with van der Waals surface area (Å²) in [6.45, 7) is 1.46. The zero-order chi connectivity index (χ0) is 29.8. The van der Waals surface area contributed by atoms with Crippen molar-refractivity contribution in [2.24, 2.45) is 5.10 Å². The van der Waals surface area contributed by atoms with Crippen molar-refractivity contribution in [1.82, 2.24) is 9.66 Å². The molecule has 1 heterocycles. The molecule has 1 fully saturated rings. The van der Waals surface area contributed by atoms with Crippen molar-refractivity contribution >= 4 is 66.3 Å². The van der Waals surface area contributed by atoms with Crippen LogP contribution in [0.15, 0.2) is 73.4 Å². The molecular weight excluding hydrogens is 670 g/mol. The van der Waals surface area contributed by atoms with E-state index < -0.39 is 17.4 Å². The molecule has 0 aliphatic heterocycles. The number of nitro groups is 1. The molecule has 0 radical (unpaired) electrons. The summed E-state index contributed by atoms with van der Waals surface area (Å²) in [5, 5.41) is 19.6. The second-order valence-corrected chi connectivity index (χ2v) is 12.0. The lowest BCUT2D eigenvalue weighted by atomic mass is 9.88. The molecule has 0 unspecified atom stereocenters. The highest BCUT2D eigenvalue weighted by Gasteiger charge is 2.24. The molecule has 1 aliphatic rings. The summed E-state index contributed by atoms with van der Waals surface area (Å²) in [4.78, 5) is 42.5. The van der Waals surface area contributed by atoms with Gasteiger partial charge in [0.15, 0.2) is 6.61 Å². The molecular formula is C30H27Br2N5O5. The van der Waals surface area contributed by atoms with Crippen molar-refractivity contribution in [2.75, 3.05) is 11.9 Å². The molecule has 10 nitrogen and oxygen atoms in total. The summed E-state index contributed by atoms with van der Waals surface area (Å²) >= 11 is 6.74. The smallest absolute Gasteiger partial charge is 0.312 e. The van der Waals surface area contributed by atoms with Gasteiger partial charge in [0, 0.05) is 32.2 Å². The highest BCUT2D eigenvalue weighted by Crippen LogP contribution is 2.35. The van der Waals surface area contributed by atoms with Gasteiger partial charge in [-0.2, -0.15) is 9.78 Å². The summed E-state index contributed by atoms with van der Waals surface area (Å²) in [5.74, 6) is -0.0290. The molecule has 0 saturated heterocycles. The van der Waals surface area contributed by atoms with Gasteiger partial charge in [0.1, 0.15) is 5.82 Å². The van der Waals surface area contributed by atoms with Gasteiger partial charge in [-0.3, -0.25) is 19.7 Å². The van der Waals surface area contributed by atoms with Gasteiger partial charge in [-0.1, -0.05) is 68.8 Å². The molecule has 1 saturated carbocycles. The fourth-order valence-corrected chi connectivity index (χ4v) is 5.81. The zero-order valence-corrected chi connectivity index (χ0v) is 25.9. The van der Waals surface area contributed by atoms with Gasteiger partial charge in [0.25, 0.3) is 11.5 Å². The van der Waals surface area contributed by atoms with Gasteiger partial charge in [-0.05, 0) is 56.2 Å². The molecule has 0 bridgehead atoms. The van der Waals surface area contributed by atoms with Crippen molar-refractivity contribution in [1.29, 1.82) is 0 Å².